The summed E-state index contributed by atoms with van der Waals surface area (Å²) in [7, 11) is 0. The van der Waals surface area contributed by atoms with E-state index in [1.54, 1.807) is 15.6 Å². The summed E-state index contributed by atoms with van der Waals surface area (Å²) in [6, 6.07) is 1.78. The van der Waals surface area contributed by atoms with Gasteiger partial charge < -0.3 is 10.0 Å². The number of aliphatic hydroxyl groups is 1. The molecule has 1 N–H and O–H groups in total. The van der Waals surface area contributed by atoms with Crippen LogP contribution in [0.4, 0.5) is 0 Å². The molecular formula is C11H19N3O2. The van der Waals surface area contributed by atoms with E-state index in [1.807, 2.05) is 20.8 Å². The van der Waals surface area contributed by atoms with Gasteiger partial charge in [-0.25, -0.2) is 0 Å². The average molecular weight is 225 g/mol. The van der Waals surface area contributed by atoms with Gasteiger partial charge in [0.25, 0.3) is 5.91 Å². The molecule has 1 aromatic rings. The van der Waals surface area contributed by atoms with Crippen molar-refractivity contribution < 1.29 is 9.90 Å². The molecule has 0 fully saturated rings. The summed E-state index contributed by atoms with van der Waals surface area (Å²) >= 11 is 0. The molecule has 1 amide bonds. The minimum atomic E-state index is -0.0704. The summed E-state index contributed by atoms with van der Waals surface area (Å²) in [5.74, 6) is -0.0704. The van der Waals surface area contributed by atoms with Crippen LogP contribution in [0.1, 0.15) is 30.0 Å². The first-order chi connectivity index (χ1) is 7.63. The van der Waals surface area contributed by atoms with E-state index in [9.17, 15) is 4.79 Å². The maximum atomic E-state index is 12.1. The number of nitrogens with zero attached hydrogens (tertiary/aromatic N) is 3. The van der Waals surface area contributed by atoms with Crippen molar-refractivity contribution in [1.29, 1.82) is 0 Å². The Hall–Kier alpha value is -1.36. The molecule has 5 heteroatoms. The highest BCUT2D eigenvalue weighted by atomic mass is 16.3. The molecule has 1 aromatic heterocycles. The quantitative estimate of drug-likeness (QED) is 0.801. The Bertz CT molecular complexity index is 360. The van der Waals surface area contributed by atoms with Gasteiger partial charge in [-0.15, -0.1) is 0 Å². The largest absolute Gasteiger partial charge is 0.395 e. The number of likely N-dealkylation sites (N-methyl/N-ethyl adjacent to an activating group) is 1. The van der Waals surface area contributed by atoms with Gasteiger partial charge in [0, 0.05) is 19.6 Å². The lowest BCUT2D eigenvalue weighted by Gasteiger charge is -2.19. The fourth-order valence-corrected chi connectivity index (χ4v) is 1.64. The van der Waals surface area contributed by atoms with Crippen molar-refractivity contribution in [2.45, 2.75) is 27.3 Å². The number of hydrogen-bond acceptors (Lipinski definition) is 3. The third-order valence-corrected chi connectivity index (χ3v) is 2.46. The van der Waals surface area contributed by atoms with Crippen molar-refractivity contribution in [3.8, 4) is 0 Å². The Morgan fingerprint density at radius 2 is 2.25 bits per heavy atom. The number of aryl methyl sites for hydroxylation is 2. The molecule has 0 radical (unpaired) electrons. The predicted octanol–water partition coefficient (Wildman–Crippen LogP) is 0.666. The molecule has 0 aromatic carbocycles. The lowest BCUT2D eigenvalue weighted by atomic mass is 10.3. The third-order valence-electron chi connectivity index (χ3n) is 2.46. The zero-order valence-corrected chi connectivity index (χ0v) is 10.1. The first kappa shape index (κ1) is 12.7. The zero-order chi connectivity index (χ0) is 12.1. The van der Waals surface area contributed by atoms with Crippen LogP contribution in [-0.2, 0) is 6.54 Å². The van der Waals surface area contributed by atoms with Crippen LogP contribution in [0.25, 0.3) is 0 Å². The van der Waals surface area contributed by atoms with Crippen molar-refractivity contribution in [1.82, 2.24) is 14.7 Å². The van der Waals surface area contributed by atoms with Crippen molar-refractivity contribution in [2.24, 2.45) is 0 Å². The fourth-order valence-electron chi connectivity index (χ4n) is 1.64. The highest BCUT2D eigenvalue weighted by molar-refractivity contribution is 5.92. The number of aliphatic hydroxyl groups excluding tert-OH is 1. The van der Waals surface area contributed by atoms with Crippen molar-refractivity contribution >= 4 is 5.91 Å². The summed E-state index contributed by atoms with van der Waals surface area (Å²) in [5.41, 5.74) is 1.43. The second-order valence-electron chi connectivity index (χ2n) is 3.60. The summed E-state index contributed by atoms with van der Waals surface area (Å²) in [6.07, 6.45) is 0. The monoisotopic (exact) mass is 225 g/mol. The van der Waals surface area contributed by atoms with E-state index in [2.05, 4.69) is 5.10 Å². The second kappa shape index (κ2) is 5.65. The minimum Gasteiger partial charge on any atom is -0.395 e. The van der Waals surface area contributed by atoms with Crippen molar-refractivity contribution in [3.05, 3.63) is 17.5 Å². The Kier molecular flexibility index (Phi) is 4.49. The molecule has 0 aliphatic rings. The first-order valence-corrected chi connectivity index (χ1v) is 5.58. The van der Waals surface area contributed by atoms with Crippen LogP contribution < -0.4 is 0 Å². The highest BCUT2D eigenvalue weighted by Crippen LogP contribution is 2.07. The minimum absolute atomic E-state index is 0.0151. The van der Waals surface area contributed by atoms with Crippen LogP contribution in [-0.4, -0.2) is 45.4 Å². The first-order valence-electron chi connectivity index (χ1n) is 5.58. The summed E-state index contributed by atoms with van der Waals surface area (Å²) < 4.78 is 1.69. The molecule has 1 rings (SSSR count). The van der Waals surface area contributed by atoms with E-state index in [4.69, 9.17) is 5.11 Å². The Morgan fingerprint density at radius 3 is 2.75 bits per heavy atom. The van der Waals surface area contributed by atoms with Crippen LogP contribution in [0.3, 0.4) is 0 Å². The van der Waals surface area contributed by atoms with Crippen molar-refractivity contribution in [2.75, 3.05) is 19.7 Å². The molecule has 0 aliphatic heterocycles. The molecule has 16 heavy (non-hydrogen) atoms. The van der Waals surface area contributed by atoms with Gasteiger partial charge in [-0.2, -0.15) is 5.10 Å². The number of hydrogen-bond donors (Lipinski definition) is 1. The Morgan fingerprint density at radius 1 is 1.56 bits per heavy atom. The maximum Gasteiger partial charge on any atom is 0.272 e. The normalized spacial score (nSPS) is 10.5. The average Bonchev–Trinajstić information content (AvgIpc) is 2.66. The van der Waals surface area contributed by atoms with Gasteiger partial charge >= 0.3 is 0 Å². The molecule has 0 spiro atoms. The SMILES string of the molecule is CCN(CCO)C(=O)c1cc(C)nn1CC. The number of carbonyl (C=O) groups is 1. The maximum absolute atomic E-state index is 12.1. The molecule has 0 atom stereocenters. The van der Waals surface area contributed by atoms with Crippen LogP contribution in [0.2, 0.25) is 0 Å². The third kappa shape index (κ3) is 2.61. The molecule has 5 nitrogen and oxygen atoms in total. The number of carbonyl (C=O) groups excluding carboxylic acids is 1. The number of rotatable bonds is 5. The standard InChI is InChI=1S/C11H19N3O2/c1-4-13(6-7-15)11(16)10-8-9(3)12-14(10)5-2/h8,15H,4-7H2,1-3H3. The summed E-state index contributed by atoms with van der Waals surface area (Å²) in [6.45, 7) is 7.32. The Labute approximate surface area is 95.7 Å². The molecule has 0 saturated heterocycles. The molecule has 0 saturated carbocycles. The van der Waals surface area contributed by atoms with E-state index >= 15 is 0 Å². The van der Waals surface area contributed by atoms with Crippen LogP contribution >= 0.6 is 0 Å². The summed E-state index contributed by atoms with van der Waals surface area (Å²) in [5, 5.41) is 13.1. The smallest absolute Gasteiger partial charge is 0.272 e. The predicted molar refractivity (Wildman–Crippen MR) is 61.3 cm³/mol. The molecular weight excluding hydrogens is 206 g/mol. The van der Waals surface area contributed by atoms with Gasteiger partial charge in [0.1, 0.15) is 5.69 Å². The van der Waals surface area contributed by atoms with E-state index in [0.29, 0.717) is 25.3 Å². The van der Waals surface area contributed by atoms with E-state index in [-0.39, 0.29) is 12.5 Å². The van der Waals surface area contributed by atoms with E-state index in [0.717, 1.165) is 5.69 Å². The second-order valence-corrected chi connectivity index (χ2v) is 3.60. The molecule has 0 aliphatic carbocycles. The van der Waals surface area contributed by atoms with E-state index < -0.39 is 0 Å². The van der Waals surface area contributed by atoms with Crippen LogP contribution in [0.5, 0.6) is 0 Å². The van der Waals surface area contributed by atoms with Crippen molar-refractivity contribution in [3.63, 3.8) is 0 Å². The van der Waals surface area contributed by atoms with Gasteiger partial charge in [-0.3, -0.25) is 9.48 Å². The topological polar surface area (TPSA) is 58.4 Å². The number of aromatic nitrogens is 2. The fraction of sp³-hybridized carbons (Fsp3) is 0.636. The van der Waals surface area contributed by atoms with Gasteiger partial charge in [0.05, 0.1) is 12.3 Å². The van der Waals surface area contributed by atoms with Gasteiger partial charge in [0.15, 0.2) is 0 Å². The van der Waals surface area contributed by atoms with E-state index in [1.165, 1.54) is 0 Å². The molecule has 1 heterocycles. The molecule has 0 unspecified atom stereocenters. The lowest BCUT2D eigenvalue weighted by Crippen LogP contribution is -2.34. The summed E-state index contributed by atoms with van der Waals surface area (Å²) in [4.78, 5) is 13.7. The van der Waals surface area contributed by atoms with Crippen LogP contribution in [0.15, 0.2) is 6.07 Å². The molecule has 90 valence electrons. The number of amides is 1. The van der Waals surface area contributed by atoms with Crippen LogP contribution in [0, 0.1) is 6.92 Å². The zero-order valence-electron chi connectivity index (χ0n) is 10.1. The highest BCUT2D eigenvalue weighted by Gasteiger charge is 2.18. The van der Waals surface area contributed by atoms with Gasteiger partial charge in [-0.05, 0) is 26.8 Å². The van der Waals surface area contributed by atoms with Gasteiger partial charge in [-0.1, -0.05) is 0 Å². The molecule has 0 bridgehead atoms. The van der Waals surface area contributed by atoms with Gasteiger partial charge in [0.2, 0.25) is 0 Å². The lowest BCUT2D eigenvalue weighted by molar-refractivity contribution is 0.0719. The Balaban J connectivity index is 2.93.